The highest BCUT2D eigenvalue weighted by Crippen LogP contribution is 2.38. The molecular formula is C26H19F6NO4. The maximum Gasteiger partial charge on any atom is 0.416 e. The minimum Gasteiger partial charge on any atom is -0.489 e. The van der Waals surface area contributed by atoms with Gasteiger partial charge >= 0.3 is 12.4 Å². The SMILES string of the molecule is O=C(NO)c1ccc(COc2ccc3c(c2)CC(Cc2cc(C(F)(F)F)cc(C(F)(F)F)c2)C3=O)cc1. The van der Waals surface area contributed by atoms with Gasteiger partial charge in [-0.15, -0.1) is 0 Å². The number of fused-ring (bicyclic) bond motifs is 1. The summed E-state index contributed by atoms with van der Waals surface area (Å²) in [7, 11) is 0. The van der Waals surface area contributed by atoms with Crippen molar-refractivity contribution in [3.8, 4) is 5.75 Å². The fourth-order valence-electron chi connectivity index (χ4n) is 4.22. The van der Waals surface area contributed by atoms with Gasteiger partial charge in [-0.3, -0.25) is 14.8 Å². The number of hydrogen-bond donors (Lipinski definition) is 2. The number of ketones is 1. The number of carbonyl (C=O) groups excluding carboxylic acids is 2. The number of benzene rings is 3. The number of hydroxylamine groups is 1. The molecule has 1 amide bonds. The summed E-state index contributed by atoms with van der Waals surface area (Å²) in [5.41, 5.74) is 0.373. The second kappa shape index (κ2) is 9.89. The van der Waals surface area contributed by atoms with Crippen molar-refractivity contribution in [2.24, 2.45) is 5.92 Å². The Hall–Kier alpha value is -3.86. The molecule has 0 saturated heterocycles. The van der Waals surface area contributed by atoms with Crippen molar-refractivity contribution in [3.63, 3.8) is 0 Å². The molecular weight excluding hydrogens is 504 g/mol. The molecule has 3 aromatic rings. The van der Waals surface area contributed by atoms with Crippen LogP contribution in [0.5, 0.6) is 5.75 Å². The van der Waals surface area contributed by atoms with Gasteiger partial charge in [0.05, 0.1) is 11.1 Å². The lowest BCUT2D eigenvalue weighted by atomic mass is 9.93. The minimum atomic E-state index is -4.96. The monoisotopic (exact) mass is 523 g/mol. The van der Waals surface area contributed by atoms with Crippen LogP contribution in [0.25, 0.3) is 0 Å². The zero-order valence-corrected chi connectivity index (χ0v) is 18.9. The van der Waals surface area contributed by atoms with Gasteiger partial charge in [0.15, 0.2) is 5.78 Å². The number of rotatable bonds is 6. The Bertz CT molecular complexity index is 1300. The van der Waals surface area contributed by atoms with Gasteiger partial charge in [0, 0.05) is 17.0 Å². The first-order valence-electron chi connectivity index (χ1n) is 11.0. The van der Waals surface area contributed by atoms with E-state index in [4.69, 9.17) is 9.94 Å². The Balaban J connectivity index is 1.47. The van der Waals surface area contributed by atoms with Crippen molar-refractivity contribution < 1.29 is 45.9 Å². The van der Waals surface area contributed by atoms with Gasteiger partial charge in [-0.2, -0.15) is 26.3 Å². The van der Waals surface area contributed by atoms with Gasteiger partial charge in [-0.05, 0) is 78.1 Å². The number of hydrogen-bond acceptors (Lipinski definition) is 4. The van der Waals surface area contributed by atoms with Gasteiger partial charge in [0.1, 0.15) is 12.4 Å². The van der Waals surface area contributed by atoms with Crippen LogP contribution in [0.15, 0.2) is 60.7 Å². The van der Waals surface area contributed by atoms with E-state index in [1.807, 2.05) is 0 Å². The Morgan fingerprint density at radius 2 is 1.51 bits per heavy atom. The minimum absolute atomic E-state index is 0.0628. The fourth-order valence-corrected chi connectivity index (χ4v) is 4.22. The third-order valence-corrected chi connectivity index (χ3v) is 6.03. The molecule has 1 unspecified atom stereocenters. The molecule has 0 spiro atoms. The van der Waals surface area contributed by atoms with Gasteiger partial charge in [0.25, 0.3) is 5.91 Å². The zero-order valence-electron chi connectivity index (χ0n) is 18.9. The van der Waals surface area contributed by atoms with E-state index in [1.165, 1.54) is 23.7 Å². The Labute approximate surface area is 206 Å². The molecule has 37 heavy (non-hydrogen) atoms. The van der Waals surface area contributed by atoms with Crippen molar-refractivity contribution in [2.75, 3.05) is 0 Å². The predicted octanol–water partition coefficient (Wildman–Crippen LogP) is 6.02. The maximum absolute atomic E-state index is 13.2. The first kappa shape index (κ1) is 26.2. The van der Waals surface area contributed by atoms with Crippen LogP contribution in [0.1, 0.15) is 48.5 Å². The summed E-state index contributed by atoms with van der Waals surface area (Å²) in [4.78, 5) is 24.2. The molecule has 0 fully saturated rings. The second-order valence-corrected chi connectivity index (χ2v) is 8.63. The Morgan fingerprint density at radius 1 is 0.892 bits per heavy atom. The lowest BCUT2D eigenvalue weighted by Crippen LogP contribution is -2.18. The number of Topliss-reactive ketones (excluding diaryl/α,β-unsaturated/α-hetero) is 1. The molecule has 1 aliphatic rings. The molecule has 0 bridgehead atoms. The summed E-state index contributed by atoms with van der Waals surface area (Å²) in [5.74, 6) is -1.40. The number of halogens is 6. The highest BCUT2D eigenvalue weighted by Gasteiger charge is 2.38. The standard InChI is InChI=1S/C26H19F6NO4/c27-25(28,29)19-8-15(9-20(12-19)26(30,31)32)7-18-10-17-11-21(5-6-22(17)23(18)34)37-13-14-1-3-16(4-2-14)24(35)33-36/h1-6,8-9,11-12,18,36H,7,10,13H2,(H,33,35). The molecule has 0 saturated carbocycles. The summed E-state index contributed by atoms with van der Waals surface area (Å²) < 4.78 is 84.8. The fraction of sp³-hybridized carbons (Fsp3) is 0.231. The molecule has 1 atom stereocenters. The largest absolute Gasteiger partial charge is 0.489 e. The molecule has 4 rings (SSSR count). The highest BCUT2D eigenvalue weighted by atomic mass is 19.4. The van der Waals surface area contributed by atoms with Crippen LogP contribution in [-0.2, 0) is 31.8 Å². The summed E-state index contributed by atoms with van der Waals surface area (Å²) in [6.07, 6.45) is -10.1. The molecule has 2 N–H and O–H groups in total. The smallest absolute Gasteiger partial charge is 0.416 e. The number of nitrogens with one attached hydrogen (secondary N) is 1. The van der Waals surface area contributed by atoms with Gasteiger partial charge in [-0.1, -0.05) is 12.1 Å². The third kappa shape index (κ3) is 5.93. The van der Waals surface area contributed by atoms with Crippen LogP contribution < -0.4 is 10.2 Å². The van der Waals surface area contributed by atoms with Gasteiger partial charge in [0.2, 0.25) is 0 Å². The lowest BCUT2D eigenvalue weighted by Gasteiger charge is -2.15. The molecule has 0 heterocycles. The van der Waals surface area contributed by atoms with E-state index in [-0.39, 0.29) is 42.4 Å². The van der Waals surface area contributed by atoms with Crippen molar-refractivity contribution in [1.82, 2.24) is 5.48 Å². The summed E-state index contributed by atoms with van der Waals surface area (Å²) >= 11 is 0. The van der Waals surface area contributed by atoms with Crippen molar-refractivity contribution >= 4 is 11.7 Å². The average molecular weight is 523 g/mol. The molecule has 3 aromatic carbocycles. The lowest BCUT2D eigenvalue weighted by molar-refractivity contribution is -0.143. The number of alkyl halides is 6. The summed E-state index contributed by atoms with van der Waals surface area (Å²) in [6.45, 7) is 0.127. The van der Waals surface area contributed by atoms with Crippen molar-refractivity contribution in [2.45, 2.75) is 31.8 Å². The molecule has 0 aromatic heterocycles. The van der Waals surface area contributed by atoms with E-state index < -0.39 is 35.3 Å². The molecule has 1 aliphatic carbocycles. The maximum atomic E-state index is 13.2. The molecule has 11 heteroatoms. The highest BCUT2D eigenvalue weighted by molar-refractivity contribution is 6.02. The zero-order chi connectivity index (χ0) is 27.0. The van der Waals surface area contributed by atoms with Crippen molar-refractivity contribution in [3.05, 3.63) is 99.6 Å². The predicted molar refractivity (Wildman–Crippen MR) is 118 cm³/mol. The van der Waals surface area contributed by atoms with E-state index in [0.717, 1.165) is 0 Å². The normalized spacial score (nSPS) is 15.4. The van der Waals surface area contributed by atoms with Crippen LogP contribution in [0.4, 0.5) is 26.3 Å². The van der Waals surface area contributed by atoms with Crippen molar-refractivity contribution in [1.29, 1.82) is 0 Å². The summed E-state index contributed by atoms with van der Waals surface area (Å²) in [5, 5.41) is 8.66. The van der Waals surface area contributed by atoms with Gasteiger partial charge in [-0.25, -0.2) is 5.48 Å². The first-order valence-corrected chi connectivity index (χ1v) is 11.0. The summed E-state index contributed by atoms with van der Waals surface area (Å²) in [6, 6.07) is 12.3. The third-order valence-electron chi connectivity index (χ3n) is 6.03. The van der Waals surface area contributed by atoms with Gasteiger partial charge < -0.3 is 4.74 Å². The van der Waals surface area contributed by atoms with E-state index in [1.54, 1.807) is 24.3 Å². The van der Waals surface area contributed by atoms with Crippen LogP contribution >= 0.6 is 0 Å². The van der Waals surface area contributed by atoms with Crippen LogP contribution in [0.2, 0.25) is 0 Å². The van der Waals surface area contributed by atoms with E-state index >= 15 is 0 Å². The number of ether oxygens (including phenoxy) is 1. The van der Waals surface area contributed by atoms with E-state index in [2.05, 4.69) is 0 Å². The van der Waals surface area contributed by atoms with Crippen LogP contribution in [-0.4, -0.2) is 16.9 Å². The molecule has 0 radical (unpaired) electrons. The Morgan fingerprint density at radius 3 is 2.08 bits per heavy atom. The first-order chi connectivity index (χ1) is 17.3. The average Bonchev–Trinajstić information content (AvgIpc) is 3.15. The van der Waals surface area contributed by atoms with Crippen LogP contribution in [0, 0.1) is 5.92 Å². The van der Waals surface area contributed by atoms with Crippen LogP contribution in [0.3, 0.4) is 0 Å². The quantitative estimate of drug-likeness (QED) is 0.235. The van der Waals surface area contributed by atoms with E-state index in [9.17, 15) is 35.9 Å². The Kier molecular flexibility index (Phi) is 7.00. The topological polar surface area (TPSA) is 75.6 Å². The second-order valence-electron chi connectivity index (χ2n) is 8.63. The molecule has 0 aliphatic heterocycles. The van der Waals surface area contributed by atoms with E-state index in [0.29, 0.717) is 34.6 Å². The number of amides is 1. The molecule has 5 nitrogen and oxygen atoms in total. The molecule has 194 valence electrons. The number of carbonyl (C=O) groups is 2.